The van der Waals surface area contributed by atoms with Crippen LogP contribution in [0.3, 0.4) is 0 Å². The molecule has 15 heavy (non-hydrogen) atoms. The highest BCUT2D eigenvalue weighted by atomic mass is 35.5. The van der Waals surface area contributed by atoms with Gasteiger partial charge in [-0.15, -0.1) is 0 Å². The summed E-state index contributed by atoms with van der Waals surface area (Å²) >= 11 is 5.72. The highest BCUT2D eigenvalue weighted by Crippen LogP contribution is 2.17. The molecule has 0 fully saturated rings. The van der Waals surface area contributed by atoms with E-state index in [-0.39, 0.29) is 0 Å². The molecule has 0 unspecified atom stereocenters. The van der Waals surface area contributed by atoms with Gasteiger partial charge in [0, 0.05) is 5.02 Å². The maximum absolute atomic E-state index is 11.1. The smallest absolute Gasteiger partial charge is 0.434 e. The molecule has 0 N–H and O–H groups in total. The lowest BCUT2D eigenvalue weighted by Crippen LogP contribution is -2.11. The predicted molar refractivity (Wildman–Crippen MR) is 58.3 cm³/mol. The minimum absolute atomic E-state index is 0.385. The van der Waals surface area contributed by atoms with Crippen LogP contribution < -0.4 is 4.74 Å². The molecule has 0 heterocycles. The number of halogens is 1. The van der Waals surface area contributed by atoms with E-state index in [2.05, 4.69) is 0 Å². The molecular formula is C11H13ClO3. The van der Waals surface area contributed by atoms with Gasteiger partial charge in [-0.3, -0.25) is 0 Å². The van der Waals surface area contributed by atoms with Crippen LogP contribution in [0.25, 0.3) is 0 Å². The molecule has 0 aliphatic rings. The molecule has 0 bridgehead atoms. The molecule has 0 aromatic heterocycles. The van der Waals surface area contributed by atoms with E-state index >= 15 is 0 Å². The van der Waals surface area contributed by atoms with Crippen LogP contribution in [0.2, 0.25) is 5.02 Å². The largest absolute Gasteiger partial charge is 0.513 e. The van der Waals surface area contributed by atoms with Crippen molar-refractivity contribution in [3.05, 3.63) is 29.3 Å². The molecule has 4 heteroatoms. The van der Waals surface area contributed by atoms with Gasteiger partial charge in [-0.25, -0.2) is 4.79 Å². The van der Waals surface area contributed by atoms with Crippen LogP contribution in [-0.4, -0.2) is 12.8 Å². The molecule has 1 aromatic rings. The van der Waals surface area contributed by atoms with Gasteiger partial charge in [0.05, 0.1) is 6.61 Å². The van der Waals surface area contributed by atoms with Crippen molar-refractivity contribution in [2.75, 3.05) is 6.61 Å². The van der Waals surface area contributed by atoms with Gasteiger partial charge in [-0.05, 0) is 24.6 Å². The Hall–Kier alpha value is -1.22. The van der Waals surface area contributed by atoms with Crippen molar-refractivity contribution in [1.82, 2.24) is 0 Å². The van der Waals surface area contributed by atoms with Crippen LogP contribution in [0.5, 0.6) is 5.75 Å². The number of hydrogen-bond donors (Lipinski definition) is 0. The lowest BCUT2D eigenvalue weighted by Gasteiger charge is -2.05. The Morgan fingerprint density at radius 2 is 2.27 bits per heavy atom. The van der Waals surface area contributed by atoms with E-state index in [0.29, 0.717) is 17.4 Å². The maximum atomic E-state index is 11.1. The number of carbonyl (C=O) groups is 1. The number of carbonyl (C=O) groups excluding carboxylic acids is 1. The average Bonchev–Trinajstić information content (AvgIpc) is 2.18. The van der Waals surface area contributed by atoms with Crippen molar-refractivity contribution in [2.45, 2.75) is 19.8 Å². The Labute approximate surface area is 93.9 Å². The summed E-state index contributed by atoms with van der Waals surface area (Å²) in [4.78, 5) is 11.1. The van der Waals surface area contributed by atoms with E-state index in [4.69, 9.17) is 21.1 Å². The lowest BCUT2D eigenvalue weighted by atomic mass is 10.3. The van der Waals surface area contributed by atoms with Crippen molar-refractivity contribution < 1.29 is 14.3 Å². The molecule has 0 aliphatic heterocycles. The summed E-state index contributed by atoms with van der Waals surface area (Å²) in [7, 11) is 0. The zero-order chi connectivity index (χ0) is 11.1. The van der Waals surface area contributed by atoms with Crippen molar-refractivity contribution in [3.8, 4) is 5.75 Å². The third kappa shape index (κ3) is 4.70. The van der Waals surface area contributed by atoms with E-state index in [9.17, 15) is 4.79 Å². The molecular weight excluding hydrogens is 216 g/mol. The molecule has 0 saturated heterocycles. The van der Waals surface area contributed by atoms with Crippen LogP contribution in [-0.2, 0) is 4.74 Å². The Morgan fingerprint density at radius 1 is 1.47 bits per heavy atom. The minimum atomic E-state index is -0.689. The summed E-state index contributed by atoms with van der Waals surface area (Å²) < 4.78 is 9.72. The van der Waals surface area contributed by atoms with E-state index in [1.807, 2.05) is 6.92 Å². The van der Waals surface area contributed by atoms with Gasteiger partial charge in [0.25, 0.3) is 0 Å². The summed E-state index contributed by atoms with van der Waals surface area (Å²) in [5.74, 6) is 0.393. The first-order valence-corrected chi connectivity index (χ1v) is 5.20. The summed E-state index contributed by atoms with van der Waals surface area (Å²) in [5, 5.41) is 0.522. The van der Waals surface area contributed by atoms with Gasteiger partial charge in [-0.1, -0.05) is 31.0 Å². The number of hydrogen-bond acceptors (Lipinski definition) is 3. The van der Waals surface area contributed by atoms with Crippen LogP contribution in [0.1, 0.15) is 19.8 Å². The third-order valence-corrected chi connectivity index (χ3v) is 1.95. The van der Waals surface area contributed by atoms with Crippen molar-refractivity contribution in [3.63, 3.8) is 0 Å². The number of benzene rings is 1. The van der Waals surface area contributed by atoms with Crippen LogP contribution in [0.4, 0.5) is 4.79 Å². The first kappa shape index (κ1) is 11.9. The minimum Gasteiger partial charge on any atom is -0.434 e. The molecule has 0 saturated carbocycles. The van der Waals surface area contributed by atoms with E-state index in [1.54, 1.807) is 24.3 Å². The molecule has 0 amide bonds. The molecule has 0 radical (unpaired) electrons. The fourth-order valence-electron chi connectivity index (χ4n) is 0.956. The molecule has 0 spiro atoms. The van der Waals surface area contributed by atoms with Gasteiger partial charge >= 0.3 is 6.16 Å². The first-order valence-electron chi connectivity index (χ1n) is 4.82. The summed E-state index contributed by atoms with van der Waals surface area (Å²) in [6, 6.07) is 6.61. The van der Waals surface area contributed by atoms with Crippen molar-refractivity contribution in [2.24, 2.45) is 0 Å². The highest BCUT2D eigenvalue weighted by molar-refractivity contribution is 6.30. The summed E-state index contributed by atoms with van der Waals surface area (Å²) in [5.41, 5.74) is 0. The lowest BCUT2D eigenvalue weighted by molar-refractivity contribution is 0.0978. The fraction of sp³-hybridized carbons (Fsp3) is 0.364. The molecule has 82 valence electrons. The molecule has 3 nitrogen and oxygen atoms in total. The van der Waals surface area contributed by atoms with Crippen LogP contribution >= 0.6 is 11.6 Å². The van der Waals surface area contributed by atoms with Gasteiger partial charge in [0.15, 0.2) is 0 Å². The van der Waals surface area contributed by atoms with E-state index in [0.717, 1.165) is 12.8 Å². The number of ether oxygens (including phenoxy) is 2. The van der Waals surface area contributed by atoms with Crippen LogP contribution in [0, 0.1) is 0 Å². The quantitative estimate of drug-likeness (QED) is 0.448. The van der Waals surface area contributed by atoms with Gasteiger partial charge in [0.1, 0.15) is 5.75 Å². The second-order valence-electron chi connectivity index (χ2n) is 3.01. The zero-order valence-corrected chi connectivity index (χ0v) is 9.29. The fourth-order valence-corrected chi connectivity index (χ4v) is 1.14. The standard InChI is InChI=1S/C11H13ClO3/c1-2-3-7-14-11(13)15-10-6-4-5-9(12)8-10/h4-6,8H,2-3,7H2,1H3. The topological polar surface area (TPSA) is 35.5 Å². The Balaban J connectivity index is 2.37. The summed E-state index contributed by atoms with van der Waals surface area (Å²) in [6.45, 7) is 2.40. The molecule has 0 aliphatic carbocycles. The second-order valence-corrected chi connectivity index (χ2v) is 3.45. The Morgan fingerprint density at radius 3 is 2.93 bits per heavy atom. The predicted octanol–water partition coefficient (Wildman–Crippen LogP) is 3.66. The first-order chi connectivity index (χ1) is 7.22. The van der Waals surface area contributed by atoms with Crippen molar-refractivity contribution in [1.29, 1.82) is 0 Å². The maximum Gasteiger partial charge on any atom is 0.513 e. The van der Waals surface area contributed by atoms with Crippen LogP contribution in [0.15, 0.2) is 24.3 Å². The summed E-state index contributed by atoms with van der Waals surface area (Å²) in [6.07, 6.45) is 1.13. The molecule has 0 atom stereocenters. The number of unbranched alkanes of at least 4 members (excludes halogenated alkanes) is 1. The third-order valence-electron chi connectivity index (χ3n) is 1.72. The zero-order valence-electron chi connectivity index (χ0n) is 8.53. The van der Waals surface area contributed by atoms with Crippen molar-refractivity contribution >= 4 is 17.8 Å². The van der Waals surface area contributed by atoms with Gasteiger partial charge in [0.2, 0.25) is 0 Å². The Kier molecular flexibility index (Phi) is 4.98. The van der Waals surface area contributed by atoms with E-state index in [1.165, 1.54) is 0 Å². The SMILES string of the molecule is CCCCOC(=O)Oc1cccc(Cl)c1. The highest BCUT2D eigenvalue weighted by Gasteiger charge is 2.05. The average molecular weight is 229 g/mol. The monoisotopic (exact) mass is 228 g/mol. The van der Waals surface area contributed by atoms with E-state index < -0.39 is 6.16 Å². The molecule has 1 rings (SSSR count). The van der Waals surface area contributed by atoms with Gasteiger partial charge in [-0.2, -0.15) is 0 Å². The Bertz CT molecular complexity index is 325. The number of rotatable bonds is 4. The second kappa shape index (κ2) is 6.30. The molecule has 1 aromatic carbocycles. The van der Waals surface area contributed by atoms with Gasteiger partial charge < -0.3 is 9.47 Å². The normalized spacial score (nSPS) is 9.73.